The number of piperidine rings is 3. The molecule has 10 heteroatoms. The number of carbonyl (C=O) groups excluding carboxylic acids is 4. The molecular formula is C34H39FN4O5. The van der Waals surface area contributed by atoms with Gasteiger partial charge >= 0.3 is 0 Å². The lowest BCUT2D eigenvalue weighted by Crippen LogP contribution is -2.54. The van der Waals surface area contributed by atoms with Crippen LogP contribution in [0.4, 0.5) is 4.39 Å². The Morgan fingerprint density at radius 3 is 2.70 bits per heavy atom. The number of amides is 4. The number of fused-ring (bicyclic) bond motifs is 3. The van der Waals surface area contributed by atoms with Crippen molar-refractivity contribution in [2.75, 3.05) is 32.8 Å². The SMILES string of the molecule is O=C1CCC(N2Cc3c(CCCN4CCCCC4C(=O)N4CCC5(CC4)COc4cc(F)ccc45)cccc3C2=O)C(=O)N1. The highest BCUT2D eigenvalue weighted by Crippen LogP contribution is 2.46. The molecule has 9 nitrogen and oxygen atoms in total. The number of halogens is 1. The van der Waals surface area contributed by atoms with Crippen molar-refractivity contribution < 1.29 is 28.3 Å². The second-order valence-electron chi connectivity index (χ2n) is 13.0. The van der Waals surface area contributed by atoms with Gasteiger partial charge in [0.15, 0.2) is 0 Å². The molecule has 1 spiro atoms. The predicted octanol–water partition coefficient (Wildman–Crippen LogP) is 3.33. The van der Waals surface area contributed by atoms with E-state index in [0.29, 0.717) is 44.0 Å². The maximum atomic E-state index is 13.8. The third-order valence-corrected chi connectivity index (χ3v) is 10.5. The van der Waals surface area contributed by atoms with Crippen molar-refractivity contribution in [2.45, 2.75) is 81.8 Å². The highest BCUT2D eigenvalue weighted by Gasteiger charge is 2.45. The summed E-state index contributed by atoms with van der Waals surface area (Å²) in [5, 5.41) is 2.37. The number of carbonyl (C=O) groups is 4. The third kappa shape index (κ3) is 5.16. The monoisotopic (exact) mass is 602 g/mol. The molecule has 2 atom stereocenters. The number of imide groups is 1. The van der Waals surface area contributed by atoms with E-state index in [1.54, 1.807) is 4.90 Å². The first kappa shape index (κ1) is 29.0. The Morgan fingerprint density at radius 1 is 1.05 bits per heavy atom. The molecule has 2 aromatic carbocycles. The van der Waals surface area contributed by atoms with Crippen molar-refractivity contribution in [1.29, 1.82) is 0 Å². The first-order valence-corrected chi connectivity index (χ1v) is 16.0. The molecule has 3 fully saturated rings. The Labute approximate surface area is 256 Å². The number of hydrogen-bond donors (Lipinski definition) is 1. The molecular weight excluding hydrogens is 563 g/mol. The number of nitrogens with zero attached hydrogens (tertiary/aromatic N) is 3. The van der Waals surface area contributed by atoms with E-state index in [1.165, 1.54) is 12.1 Å². The molecule has 4 amide bonds. The van der Waals surface area contributed by atoms with Gasteiger partial charge in [-0.05, 0) is 81.3 Å². The molecule has 2 unspecified atom stereocenters. The van der Waals surface area contributed by atoms with Crippen LogP contribution in [-0.2, 0) is 32.8 Å². The van der Waals surface area contributed by atoms with Crippen LogP contribution < -0.4 is 10.1 Å². The lowest BCUT2D eigenvalue weighted by atomic mass is 9.74. The topological polar surface area (TPSA) is 99.3 Å². The summed E-state index contributed by atoms with van der Waals surface area (Å²) in [6, 6.07) is 9.86. The highest BCUT2D eigenvalue weighted by atomic mass is 19.1. The summed E-state index contributed by atoms with van der Waals surface area (Å²) in [6.45, 7) is 3.98. The van der Waals surface area contributed by atoms with Gasteiger partial charge in [-0.25, -0.2) is 4.39 Å². The summed E-state index contributed by atoms with van der Waals surface area (Å²) in [5.41, 5.74) is 3.64. The first-order valence-electron chi connectivity index (χ1n) is 16.0. The van der Waals surface area contributed by atoms with Crippen LogP contribution in [0.5, 0.6) is 5.75 Å². The number of aryl methyl sites for hydroxylation is 1. The van der Waals surface area contributed by atoms with Crippen LogP contribution in [0.15, 0.2) is 36.4 Å². The van der Waals surface area contributed by atoms with Crippen LogP contribution in [0, 0.1) is 5.82 Å². The summed E-state index contributed by atoms with van der Waals surface area (Å²) >= 11 is 0. The van der Waals surface area contributed by atoms with Gasteiger partial charge < -0.3 is 14.5 Å². The van der Waals surface area contributed by atoms with Gasteiger partial charge in [0.1, 0.15) is 17.6 Å². The predicted molar refractivity (Wildman–Crippen MR) is 159 cm³/mol. The van der Waals surface area contributed by atoms with Gasteiger partial charge in [0.05, 0.1) is 12.6 Å². The van der Waals surface area contributed by atoms with Crippen LogP contribution >= 0.6 is 0 Å². The molecule has 0 aromatic heterocycles. The van der Waals surface area contributed by atoms with Crippen molar-refractivity contribution >= 4 is 23.6 Å². The number of likely N-dealkylation sites (tertiary alicyclic amines) is 2. The summed E-state index contributed by atoms with van der Waals surface area (Å²) in [5.74, 6) is -0.275. The standard InChI is InChI=1S/C34H39FN4O5/c35-23-9-10-26-29(19-23)44-21-34(26)13-17-38(18-14-34)33(43)28-8-1-2-15-37(28)16-4-6-22-5-3-7-24-25(22)20-39(32(24)42)27-11-12-30(40)36-31(27)41/h3,5,7,9-10,19,27-28H,1-2,4,6,8,11-18,20-21H2,(H,36,40,41). The van der Waals surface area contributed by atoms with E-state index in [9.17, 15) is 23.6 Å². The van der Waals surface area contributed by atoms with Gasteiger partial charge in [0, 0.05) is 48.7 Å². The molecule has 5 aliphatic heterocycles. The number of nitrogens with one attached hydrogen (secondary N) is 1. The molecule has 44 heavy (non-hydrogen) atoms. The zero-order chi connectivity index (χ0) is 30.4. The Bertz CT molecular complexity index is 1500. The van der Waals surface area contributed by atoms with Crippen molar-refractivity contribution in [3.8, 4) is 5.75 Å². The van der Waals surface area contributed by atoms with E-state index in [0.717, 1.165) is 74.7 Å². The quantitative estimate of drug-likeness (QED) is 0.510. The van der Waals surface area contributed by atoms with Crippen molar-refractivity contribution in [3.05, 3.63) is 64.5 Å². The number of ether oxygens (including phenoxy) is 1. The van der Waals surface area contributed by atoms with Crippen LogP contribution in [0.25, 0.3) is 0 Å². The van der Waals surface area contributed by atoms with E-state index < -0.39 is 11.9 Å². The molecule has 0 saturated carbocycles. The van der Waals surface area contributed by atoms with Gasteiger partial charge in [0.2, 0.25) is 17.7 Å². The molecule has 0 bridgehead atoms. The average Bonchev–Trinajstić information content (AvgIpc) is 3.54. The lowest BCUT2D eigenvalue weighted by Gasteiger charge is -2.42. The van der Waals surface area contributed by atoms with Crippen LogP contribution in [0.2, 0.25) is 0 Å². The zero-order valence-electron chi connectivity index (χ0n) is 25.0. The fourth-order valence-corrected chi connectivity index (χ4v) is 8.02. The van der Waals surface area contributed by atoms with Crippen LogP contribution in [-0.4, -0.2) is 83.2 Å². The Kier molecular flexibility index (Phi) is 7.64. The van der Waals surface area contributed by atoms with Crippen molar-refractivity contribution in [1.82, 2.24) is 20.0 Å². The van der Waals surface area contributed by atoms with E-state index in [-0.39, 0.29) is 41.4 Å². The largest absolute Gasteiger partial charge is 0.492 e. The van der Waals surface area contributed by atoms with Gasteiger partial charge in [-0.15, -0.1) is 0 Å². The fourth-order valence-electron chi connectivity index (χ4n) is 8.02. The highest BCUT2D eigenvalue weighted by molar-refractivity contribution is 6.05. The smallest absolute Gasteiger partial charge is 0.255 e. The Morgan fingerprint density at radius 2 is 1.89 bits per heavy atom. The van der Waals surface area contributed by atoms with Gasteiger partial charge in [0.25, 0.3) is 5.91 Å². The molecule has 2 aromatic rings. The Hall–Kier alpha value is -3.79. The normalized spacial score (nSPS) is 24.7. The van der Waals surface area contributed by atoms with Crippen LogP contribution in [0.1, 0.15) is 78.4 Å². The molecule has 5 aliphatic rings. The van der Waals surface area contributed by atoms with Crippen LogP contribution in [0.3, 0.4) is 0 Å². The maximum Gasteiger partial charge on any atom is 0.255 e. The van der Waals surface area contributed by atoms with E-state index in [4.69, 9.17) is 4.74 Å². The van der Waals surface area contributed by atoms with E-state index in [2.05, 4.69) is 16.3 Å². The minimum absolute atomic E-state index is 0.120. The number of benzene rings is 2. The molecule has 5 heterocycles. The summed E-state index contributed by atoms with van der Waals surface area (Å²) in [4.78, 5) is 57.1. The van der Waals surface area contributed by atoms with E-state index >= 15 is 0 Å². The van der Waals surface area contributed by atoms with Crippen molar-refractivity contribution in [3.63, 3.8) is 0 Å². The molecule has 1 N–H and O–H groups in total. The fraction of sp³-hybridized carbons (Fsp3) is 0.529. The maximum absolute atomic E-state index is 13.8. The summed E-state index contributed by atoms with van der Waals surface area (Å²) in [6.07, 6.45) is 6.85. The first-order chi connectivity index (χ1) is 21.3. The summed E-state index contributed by atoms with van der Waals surface area (Å²) in [7, 11) is 0. The van der Waals surface area contributed by atoms with Crippen molar-refractivity contribution in [2.24, 2.45) is 0 Å². The molecule has 0 aliphatic carbocycles. The minimum Gasteiger partial charge on any atom is -0.492 e. The molecule has 232 valence electrons. The molecule has 0 radical (unpaired) electrons. The van der Waals surface area contributed by atoms with Gasteiger partial charge in [-0.3, -0.25) is 29.4 Å². The zero-order valence-corrected chi connectivity index (χ0v) is 25.0. The number of hydrogen-bond acceptors (Lipinski definition) is 6. The van der Waals surface area contributed by atoms with Gasteiger partial charge in [-0.2, -0.15) is 0 Å². The molecule has 3 saturated heterocycles. The second-order valence-corrected chi connectivity index (χ2v) is 13.0. The summed E-state index contributed by atoms with van der Waals surface area (Å²) < 4.78 is 19.6. The number of rotatable bonds is 6. The molecule has 7 rings (SSSR count). The second kappa shape index (κ2) is 11.6. The average molecular weight is 603 g/mol. The van der Waals surface area contributed by atoms with E-state index in [1.807, 2.05) is 23.1 Å². The Balaban J connectivity index is 0.963. The third-order valence-electron chi connectivity index (χ3n) is 10.5. The minimum atomic E-state index is -0.621. The van der Waals surface area contributed by atoms with Gasteiger partial charge in [-0.1, -0.05) is 24.6 Å². The lowest BCUT2D eigenvalue weighted by molar-refractivity contribution is -0.140.